The first-order valence-corrected chi connectivity index (χ1v) is 12.9. The van der Waals surface area contributed by atoms with E-state index in [4.69, 9.17) is 20.3 Å². The third kappa shape index (κ3) is 5.04. The maximum absolute atomic E-state index is 12.2. The third-order valence-electron chi connectivity index (χ3n) is 6.28. The van der Waals surface area contributed by atoms with Gasteiger partial charge in [-0.25, -0.2) is 4.98 Å². The van der Waals surface area contributed by atoms with Crippen LogP contribution in [0.3, 0.4) is 0 Å². The van der Waals surface area contributed by atoms with Gasteiger partial charge in [0.2, 0.25) is 5.75 Å². The number of H-pyrrole nitrogens is 1. The molecule has 0 radical (unpaired) electrons. The lowest BCUT2D eigenvalue weighted by Crippen LogP contribution is -2.36. The lowest BCUT2D eigenvalue weighted by molar-refractivity contribution is 0.122. The van der Waals surface area contributed by atoms with Crippen LogP contribution in [0.4, 0.5) is 11.5 Å². The molecule has 2 aromatic carbocycles. The Balaban J connectivity index is 1.49. The molecule has 2 aromatic heterocycles. The Kier molecular flexibility index (Phi) is 7.13. The van der Waals surface area contributed by atoms with Crippen molar-refractivity contribution in [2.75, 3.05) is 42.7 Å². The minimum atomic E-state index is -0.293. The normalized spacial score (nSPS) is 13.8. The Hall–Kier alpha value is -3.53. The number of nitrogens with zero attached hydrogens (tertiary/aromatic N) is 2. The molecular weight excluding hydrogens is 474 g/mol. The molecule has 36 heavy (non-hydrogen) atoms. The monoisotopic (exact) mass is 503 g/mol. The van der Waals surface area contributed by atoms with Gasteiger partial charge in [-0.15, -0.1) is 0 Å². The number of aromatic nitrogens is 2. The molecule has 0 saturated carbocycles. The number of hydrogen-bond donors (Lipinski definition) is 3. The highest BCUT2D eigenvalue weighted by atomic mass is 32.2. The largest absolute Gasteiger partial charge is 0.392 e. The van der Waals surface area contributed by atoms with Gasteiger partial charge in [0.25, 0.3) is 5.56 Å². The molecular formula is C27H29N5O3S. The van der Waals surface area contributed by atoms with E-state index in [0.717, 1.165) is 70.8 Å². The summed E-state index contributed by atoms with van der Waals surface area (Å²) in [7, 11) is 0. The average molecular weight is 504 g/mol. The lowest BCUT2D eigenvalue weighted by Gasteiger charge is -2.29. The minimum absolute atomic E-state index is 0.212. The molecule has 1 aliphatic heterocycles. The van der Waals surface area contributed by atoms with Gasteiger partial charge in [-0.05, 0) is 72.0 Å². The predicted octanol–water partition coefficient (Wildman–Crippen LogP) is 4.54. The van der Waals surface area contributed by atoms with Gasteiger partial charge in [0.1, 0.15) is 5.82 Å². The van der Waals surface area contributed by atoms with Crippen LogP contribution in [0.15, 0.2) is 59.5 Å². The van der Waals surface area contributed by atoms with Crippen LogP contribution >= 0.6 is 11.9 Å². The quantitative estimate of drug-likeness (QED) is 0.192. The van der Waals surface area contributed by atoms with Gasteiger partial charge in [-0.2, -0.15) is 0 Å². The van der Waals surface area contributed by atoms with E-state index in [1.165, 1.54) is 17.6 Å². The molecule has 0 amide bonds. The number of nitrogen functional groups attached to an aromatic ring is 1. The molecule has 0 unspecified atom stereocenters. The molecule has 8 nitrogen and oxygen atoms in total. The van der Waals surface area contributed by atoms with Crippen molar-refractivity contribution in [2.24, 2.45) is 0 Å². The van der Waals surface area contributed by atoms with Crippen molar-refractivity contribution in [1.82, 2.24) is 14.9 Å². The van der Waals surface area contributed by atoms with E-state index < -0.39 is 0 Å². The molecule has 0 spiro atoms. The van der Waals surface area contributed by atoms with Crippen molar-refractivity contribution in [1.29, 1.82) is 0 Å². The van der Waals surface area contributed by atoms with Gasteiger partial charge in [0, 0.05) is 47.2 Å². The first-order chi connectivity index (χ1) is 17.5. The van der Waals surface area contributed by atoms with Gasteiger partial charge in [0.05, 0.1) is 18.7 Å². The number of aryl methyl sites for hydroxylation is 1. The molecule has 1 aliphatic rings. The van der Waals surface area contributed by atoms with Crippen LogP contribution in [-0.2, 0) is 4.74 Å². The smallest absolute Gasteiger partial charge is 0.292 e. The SMILES string of the molecule is CCSNOc1cc(-c2cc3cc(-c4ccc(N5CCOCC5)cc4)c(N)nc3cc2C)c[nH]c1=O. The molecule has 4 aromatic rings. The summed E-state index contributed by atoms with van der Waals surface area (Å²) in [5, 5.41) is 0.963. The van der Waals surface area contributed by atoms with Crippen LogP contribution in [0.5, 0.6) is 5.75 Å². The zero-order chi connectivity index (χ0) is 25.1. The van der Waals surface area contributed by atoms with E-state index in [9.17, 15) is 4.79 Å². The highest BCUT2D eigenvalue weighted by Crippen LogP contribution is 2.34. The Bertz CT molecular complexity index is 1430. The fourth-order valence-electron chi connectivity index (χ4n) is 4.38. The van der Waals surface area contributed by atoms with Crippen molar-refractivity contribution in [3.63, 3.8) is 0 Å². The fourth-order valence-corrected chi connectivity index (χ4v) is 4.65. The Labute approximate surface area is 213 Å². The summed E-state index contributed by atoms with van der Waals surface area (Å²) in [4.78, 5) is 30.2. The highest BCUT2D eigenvalue weighted by molar-refractivity contribution is 7.97. The number of pyridine rings is 2. The van der Waals surface area contributed by atoms with Crippen molar-refractivity contribution in [2.45, 2.75) is 13.8 Å². The number of fused-ring (bicyclic) bond motifs is 1. The number of rotatable bonds is 7. The second-order valence-corrected chi connectivity index (χ2v) is 9.66. The maximum atomic E-state index is 12.2. The van der Waals surface area contributed by atoms with E-state index in [0.29, 0.717) is 5.82 Å². The van der Waals surface area contributed by atoms with Crippen LogP contribution in [-0.4, -0.2) is 42.0 Å². The summed E-state index contributed by atoms with van der Waals surface area (Å²) < 4.78 is 5.46. The standard InChI is InChI=1S/C27H29N5O3S/c1-3-36-31-35-25-15-20(16-29-27(25)33)22-13-19-14-23(26(28)30-24(19)12-17(22)2)18-4-6-21(7-5-18)32-8-10-34-11-9-32/h4-7,12-16,31H,3,8-11H2,1-2H3,(H2,28,30)(H,29,33). The number of nitrogens with one attached hydrogen (secondary N) is 2. The molecule has 1 saturated heterocycles. The first kappa shape index (κ1) is 24.2. The molecule has 3 heterocycles. The Morgan fingerprint density at radius 2 is 1.86 bits per heavy atom. The number of nitrogens with two attached hydrogens (primary N) is 1. The first-order valence-electron chi connectivity index (χ1n) is 11.9. The number of benzene rings is 2. The van der Waals surface area contributed by atoms with Crippen LogP contribution in [0.1, 0.15) is 12.5 Å². The number of aromatic amines is 1. The van der Waals surface area contributed by atoms with Crippen molar-refractivity contribution in [3.05, 3.63) is 70.6 Å². The van der Waals surface area contributed by atoms with Crippen molar-refractivity contribution >= 4 is 34.4 Å². The summed E-state index contributed by atoms with van der Waals surface area (Å²) in [6.07, 6.45) is 1.70. The van der Waals surface area contributed by atoms with E-state index in [1.54, 1.807) is 12.3 Å². The van der Waals surface area contributed by atoms with E-state index in [1.807, 2.05) is 19.9 Å². The molecule has 1 fully saturated rings. The van der Waals surface area contributed by atoms with Gasteiger partial charge < -0.3 is 25.2 Å². The van der Waals surface area contributed by atoms with Crippen LogP contribution in [0.2, 0.25) is 0 Å². The number of hydrogen-bond acceptors (Lipinski definition) is 8. The topological polar surface area (TPSA) is 106 Å². The van der Waals surface area contributed by atoms with Crippen LogP contribution in [0, 0.1) is 6.92 Å². The zero-order valence-corrected chi connectivity index (χ0v) is 21.2. The van der Waals surface area contributed by atoms with Crippen molar-refractivity contribution < 1.29 is 9.57 Å². The average Bonchev–Trinajstić information content (AvgIpc) is 2.90. The van der Waals surface area contributed by atoms with E-state index in [2.05, 4.69) is 51.2 Å². The summed E-state index contributed by atoms with van der Waals surface area (Å²) in [5.74, 6) is 1.52. The molecule has 9 heteroatoms. The Morgan fingerprint density at radius 3 is 2.61 bits per heavy atom. The van der Waals surface area contributed by atoms with Gasteiger partial charge in [0.15, 0.2) is 0 Å². The van der Waals surface area contributed by atoms with Gasteiger partial charge >= 0.3 is 0 Å². The summed E-state index contributed by atoms with van der Waals surface area (Å²) >= 11 is 1.37. The second-order valence-electron chi connectivity index (χ2n) is 8.63. The molecule has 5 rings (SSSR count). The number of anilines is 2. The molecule has 0 atom stereocenters. The fraction of sp³-hybridized carbons (Fsp3) is 0.259. The third-order valence-corrected chi connectivity index (χ3v) is 6.77. The number of ether oxygens (including phenoxy) is 1. The Morgan fingerprint density at radius 1 is 1.11 bits per heavy atom. The second kappa shape index (κ2) is 10.6. The number of morpholine rings is 1. The van der Waals surface area contributed by atoms with Crippen LogP contribution in [0.25, 0.3) is 33.2 Å². The summed E-state index contributed by atoms with van der Waals surface area (Å²) in [6.45, 7) is 7.30. The summed E-state index contributed by atoms with van der Waals surface area (Å²) in [6, 6.07) is 16.3. The van der Waals surface area contributed by atoms with Gasteiger partial charge in [-0.1, -0.05) is 23.9 Å². The molecule has 4 N–H and O–H groups in total. The molecule has 0 aliphatic carbocycles. The van der Waals surface area contributed by atoms with Crippen LogP contribution < -0.4 is 25.9 Å². The lowest BCUT2D eigenvalue weighted by atomic mass is 9.97. The van der Waals surface area contributed by atoms with E-state index >= 15 is 0 Å². The minimum Gasteiger partial charge on any atom is -0.392 e. The zero-order valence-electron chi connectivity index (χ0n) is 20.3. The molecule has 0 bridgehead atoms. The maximum Gasteiger partial charge on any atom is 0.292 e. The molecule has 186 valence electrons. The van der Waals surface area contributed by atoms with Crippen molar-refractivity contribution in [3.8, 4) is 28.0 Å². The predicted molar refractivity (Wildman–Crippen MR) is 147 cm³/mol. The van der Waals surface area contributed by atoms with Gasteiger partial charge in [-0.3, -0.25) is 4.79 Å². The highest BCUT2D eigenvalue weighted by Gasteiger charge is 2.14. The van der Waals surface area contributed by atoms with E-state index in [-0.39, 0.29) is 11.3 Å². The summed E-state index contributed by atoms with van der Waals surface area (Å²) in [5.41, 5.74) is 12.8.